The van der Waals surface area contributed by atoms with Crippen molar-refractivity contribution < 1.29 is 9.23 Å². The van der Waals surface area contributed by atoms with Gasteiger partial charge in [0.15, 0.2) is 5.67 Å². The molecule has 2 rings (SSSR count). The Morgan fingerprint density at radius 1 is 1.80 bits per heavy atom. The first-order valence-corrected chi connectivity index (χ1v) is 3.32. The van der Waals surface area contributed by atoms with Crippen LogP contribution in [0.15, 0.2) is 5.16 Å². The van der Waals surface area contributed by atoms with Crippen LogP contribution in [0.25, 0.3) is 0 Å². The van der Waals surface area contributed by atoms with E-state index in [0.717, 1.165) is 0 Å². The molecular weight excluding hydrogens is 135 g/mol. The predicted molar refractivity (Wildman–Crippen MR) is 34.2 cm³/mol. The molecular formula is C6H9FN2O. The molecule has 0 spiro atoms. The van der Waals surface area contributed by atoms with Crippen molar-refractivity contribution in [2.45, 2.75) is 24.7 Å². The van der Waals surface area contributed by atoms with Gasteiger partial charge in [0.25, 0.3) is 0 Å². The average molecular weight is 144 g/mol. The van der Waals surface area contributed by atoms with Crippen molar-refractivity contribution in [3.63, 3.8) is 0 Å². The van der Waals surface area contributed by atoms with Crippen LogP contribution in [0.3, 0.4) is 0 Å². The lowest BCUT2D eigenvalue weighted by Gasteiger charge is -2.19. The molecule has 4 heteroatoms. The van der Waals surface area contributed by atoms with Crippen LogP contribution in [0.5, 0.6) is 0 Å². The van der Waals surface area contributed by atoms with E-state index in [1.165, 1.54) is 6.34 Å². The van der Waals surface area contributed by atoms with Gasteiger partial charge in [-0.05, 0) is 12.8 Å². The molecule has 1 saturated carbocycles. The van der Waals surface area contributed by atoms with E-state index in [9.17, 15) is 4.39 Å². The van der Waals surface area contributed by atoms with E-state index in [0.29, 0.717) is 12.8 Å². The topological polar surface area (TPSA) is 24.8 Å². The Morgan fingerprint density at radius 2 is 2.50 bits per heavy atom. The van der Waals surface area contributed by atoms with E-state index in [1.807, 2.05) is 0 Å². The van der Waals surface area contributed by atoms with Gasteiger partial charge in [0.1, 0.15) is 6.34 Å². The summed E-state index contributed by atoms with van der Waals surface area (Å²) in [5, 5.41) is 3.51. The molecule has 0 aromatic heterocycles. The zero-order valence-electron chi connectivity index (χ0n) is 5.75. The Bertz CT molecular complexity index is 179. The van der Waals surface area contributed by atoms with Gasteiger partial charge < -0.3 is 9.74 Å². The molecule has 3 nitrogen and oxygen atoms in total. The van der Waals surface area contributed by atoms with Crippen molar-refractivity contribution in [1.29, 1.82) is 0 Å². The summed E-state index contributed by atoms with van der Waals surface area (Å²) < 4.78 is 13.2. The molecule has 1 fully saturated rings. The molecule has 10 heavy (non-hydrogen) atoms. The lowest BCUT2D eigenvalue weighted by atomic mass is 10.3. The normalized spacial score (nSPS) is 34.2. The smallest absolute Gasteiger partial charge is 0.234 e. The van der Waals surface area contributed by atoms with E-state index in [2.05, 4.69) is 5.16 Å². The van der Waals surface area contributed by atoms with Crippen LogP contribution in [0, 0.1) is 0 Å². The molecule has 1 unspecified atom stereocenters. The van der Waals surface area contributed by atoms with E-state index < -0.39 is 11.9 Å². The molecule has 0 amide bonds. The third-order valence-electron chi connectivity index (χ3n) is 1.93. The van der Waals surface area contributed by atoms with Crippen molar-refractivity contribution >= 4 is 6.34 Å². The first-order chi connectivity index (χ1) is 4.72. The van der Waals surface area contributed by atoms with Crippen molar-refractivity contribution in [2.24, 2.45) is 5.16 Å². The fraction of sp³-hybridized carbons (Fsp3) is 0.833. The van der Waals surface area contributed by atoms with E-state index in [1.54, 1.807) is 11.9 Å². The van der Waals surface area contributed by atoms with Crippen molar-refractivity contribution in [3.05, 3.63) is 0 Å². The zero-order valence-corrected chi connectivity index (χ0v) is 5.75. The zero-order chi connectivity index (χ0) is 7.19. The minimum atomic E-state index is -1.12. The van der Waals surface area contributed by atoms with Crippen LogP contribution in [-0.2, 0) is 4.84 Å². The van der Waals surface area contributed by atoms with Gasteiger partial charge in [-0.1, -0.05) is 5.16 Å². The molecule has 1 aliphatic carbocycles. The molecule has 1 atom stereocenters. The fourth-order valence-corrected chi connectivity index (χ4v) is 1.12. The Hall–Kier alpha value is -0.800. The summed E-state index contributed by atoms with van der Waals surface area (Å²) in [7, 11) is 1.76. The number of rotatable bonds is 1. The highest BCUT2D eigenvalue weighted by atomic mass is 19.1. The third kappa shape index (κ3) is 0.678. The molecule has 0 bridgehead atoms. The third-order valence-corrected chi connectivity index (χ3v) is 1.93. The summed E-state index contributed by atoms with van der Waals surface area (Å²) in [5.74, 6) is 0. The van der Waals surface area contributed by atoms with Crippen LogP contribution in [-0.4, -0.2) is 30.2 Å². The largest absolute Gasteiger partial charge is 0.366 e. The summed E-state index contributed by atoms with van der Waals surface area (Å²) >= 11 is 0. The highest BCUT2D eigenvalue weighted by Crippen LogP contribution is 2.45. The van der Waals surface area contributed by atoms with Gasteiger partial charge in [0.05, 0.1) is 0 Å². The molecule has 1 heterocycles. The van der Waals surface area contributed by atoms with Gasteiger partial charge in [0.2, 0.25) is 6.23 Å². The van der Waals surface area contributed by atoms with E-state index >= 15 is 0 Å². The van der Waals surface area contributed by atoms with Crippen LogP contribution >= 0.6 is 0 Å². The van der Waals surface area contributed by atoms with Gasteiger partial charge in [-0.3, -0.25) is 0 Å². The number of hydrogen-bond donors (Lipinski definition) is 0. The van der Waals surface area contributed by atoms with Crippen LogP contribution in [0.2, 0.25) is 0 Å². The van der Waals surface area contributed by atoms with Crippen molar-refractivity contribution in [1.82, 2.24) is 4.90 Å². The highest BCUT2D eigenvalue weighted by molar-refractivity contribution is 5.55. The second-order valence-corrected chi connectivity index (χ2v) is 2.88. The summed E-state index contributed by atoms with van der Waals surface area (Å²) in [6, 6.07) is 0. The fourth-order valence-electron chi connectivity index (χ4n) is 1.12. The quantitative estimate of drug-likeness (QED) is 0.541. The standard InChI is InChI=1S/C6H9FN2O/c1-9-4-8-10-5(9)6(7)2-3-6/h4-5H,2-3H2,1H3. The monoisotopic (exact) mass is 144 g/mol. The molecule has 0 saturated heterocycles. The SMILES string of the molecule is CN1C=NOC1C1(F)CC1. The maximum absolute atomic E-state index is 13.2. The number of alkyl halides is 1. The Balaban J connectivity index is 2.06. The minimum Gasteiger partial charge on any atom is -0.366 e. The highest BCUT2D eigenvalue weighted by Gasteiger charge is 2.55. The summed E-state index contributed by atoms with van der Waals surface area (Å²) in [6.07, 6.45) is 2.24. The summed E-state index contributed by atoms with van der Waals surface area (Å²) in [5.41, 5.74) is -1.12. The first-order valence-electron chi connectivity index (χ1n) is 3.32. The van der Waals surface area contributed by atoms with E-state index in [-0.39, 0.29) is 0 Å². The van der Waals surface area contributed by atoms with Crippen molar-refractivity contribution in [2.75, 3.05) is 7.05 Å². The Kier molecular flexibility index (Phi) is 0.963. The molecule has 0 radical (unpaired) electrons. The Labute approximate surface area is 58.4 Å². The maximum atomic E-state index is 13.2. The second-order valence-electron chi connectivity index (χ2n) is 2.88. The second kappa shape index (κ2) is 1.62. The van der Waals surface area contributed by atoms with Crippen LogP contribution < -0.4 is 0 Å². The molecule has 2 aliphatic rings. The number of nitrogens with zero attached hydrogens (tertiary/aromatic N) is 2. The lowest BCUT2D eigenvalue weighted by Crippen LogP contribution is -2.36. The maximum Gasteiger partial charge on any atom is 0.234 e. The van der Waals surface area contributed by atoms with Crippen LogP contribution in [0.4, 0.5) is 4.39 Å². The number of hydrogen-bond acceptors (Lipinski definition) is 3. The van der Waals surface area contributed by atoms with Gasteiger partial charge >= 0.3 is 0 Å². The molecule has 0 N–H and O–H groups in total. The summed E-state index contributed by atoms with van der Waals surface area (Å²) in [6.45, 7) is 0. The van der Waals surface area contributed by atoms with Gasteiger partial charge in [-0.25, -0.2) is 4.39 Å². The predicted octanol–water partition coefficient (Wildman–Crippen LogP) is 0.720. The van der Waals surface area contributed by atoms with E-state index in [4.69, 9.17) is 4.84 Å². The molecule has 56 valence electrons. The minimum absolute atomic E-state index is 0.465. The molecule has 0 aromatic carbocycles. The number of oxime groups is 1. The summed E-state index contributed by atoms with van der Waals surface area (Å²) in [4.78, 5) is 6.47. The lowest BCUT2D eigenvalue weighted by molar-refractivity contribution is -0.0478. The van der Waals surface area contributed by atoms with Crippen molar-refractivity contribution in [3.8, 4) is 0 Å². The first kappa shape index (κ1) is 5.95. The van der Waals surface area contributed by atoms with Gasteiger partial charge in [0, 0.05) is 7.05 Å². The van der Waals surface area contributed by atoms with Gasteiger partial charge in [-0.2, -0.15) is 0 Å². The van der Waals surface area contributed by atoms with Crippen LogP contribution in [0.1, 0.15) is 12.8 Å². The van der Waals surface area contributed by atoms with Gasteiger partial charge in [-0.15, -0.1) is 0 Å². The molecule has 0 aromatic rings. The number of halogens is 1. The Morgan fingerprint density at radius 3 is 2.90 bits per heavy atom. The molecule has 1 aliphatic heterocycles. The average Bonchev–Trinajstić information content (AvgIpc) is 2.44.